The second-order valence-corrected chi connectivity index (χ2v) is 19.2. The van der Waals surface area contributed by atoms with Crippen LogP contribution < -0.4 is 0 Å². The molecule has 0 saturated heterocycles. The summed E-state index contributed by atoms with van der Waals surface area (Å²) in [7, 11) is 0. The summed E-state index contributed by atoms with van der Waals surface area (Å²) in [6, 6.07) is 0. The highest BCUT2D eigenvalue weighted by molar-refractivity contribution is 5.71. The molecule has 0 aromatic carbocycles. The molecular formula is C61H117N21O19. The molecule has 0 heterocycles. The number of nitrogens with zero attached hydrogens (tertiary/aromatic N) is 21. The SMILES string of the molecule is CCOCCN=[N+]=[N-].CCOCCOC(=O)CCCCCN=[N+]=[N-].CCOCCOC(=O)CCCCCN=[N+]=[N-].CCOCCOC(=O)CCCCCN=[N+]=[N-].CCOCCOC(=O)CCCCN=[N+]=[N-].CCOCCOC(=O)CCCCN=[N+]=[N-].CCOCCOC(=O)CCCCN=[N+]=[N-]. The van der Waals surface area contributed by atoms with E-state index in [0.29, 0.717) is 255 Å². The van der Waals surface area contributed by atoms with Crippen LogP contribution in [0.1, 0.15) is 183 Å². The van der Waals surface area contributed by atoms with Gasteiger partial charge in [0.05, 0.1) is 46.2 Å². The Hall–Kier alpha value is -8.29. The third kappa shape index (κ3) is 122. The van der Waals surface area contributed by atoms with Crippen molar-refractivity contribution in [3.8, 4) is 0 Å². The highest BCUT2D eigenvalue weighted by atomic mass is 16.6. The van der Waals surface area contributed by atoms with Gasteiger partial charge in [0.25, 0.3) is 0 Å². The van der Waals surface area contributed by atoms with Gasteiger partial charge in [0.15, 0.2) is 0 Å². The van der Waals surface area contributed by atoms with Crippen molar-refractivity contribution < 1.29 is 90.3 Å². The van der Waals surface area contributed by atoms with E-state index in [-0.39, 0.29) is 35.8 Å². The number of rotatable bonds is 61. The van der Waals surface area contributed by atoms with Crippen LogP contribution in [0.2, 0.25) is 0 Å². The summed E-state index contributed by atoms with van der Waals surface area (Å²) < 4.78 is 64.4. The van der Waals surface area contributed by atoms with E-state index in [4.69, 9.17) is 100 Å². The zero-order chi connectivity index (χ0) is 76.5. The van der Waals surface area contributed by atoms with Gasteiger partial charge in [-0.05, 0) is 164 Å². The molecule has 0 unspecified atom stereocenters. The zero-order valence-corrected chi connectivity index (χ0v) is 61.1. The molecule has 0 rings (SSSR count). The predicted molar refractivity (Wildman–Crippen MR) is 376 cm³/mol. The van der Waals surface area contributed by atoms with Crippen LogP contribution >= 0.6 is 0 Å². The summed E-state index contributed by atoms with van der Waals surface area (Å²) >= 11 is 0. The smallest absolute Gasteiger partial charge is 0.305 e. The van der Waals surface area contributed by atoms with Crippen molar-refractivity contribution in [2.45, 2.75) is 183 Å². The van der Waals surface area contributed by atoms with Crippen LogP contribution in [-0.2, 0) is 90.3 Å². The monoisotopic (exact) mass is 1450 g/mol. The molecule has 0 saturated carbocycles. The van der Waals surface area contributed by atoms with Gasteiger partial charge in [-0.25, -0.2) is 0 Å². The average Bonchev–Trinajstić information content (AvgIpc) is 3.82. The molecule has 0 aliphatic carbocycles. The van der Waals surface area contributed by atoms with Gasteiger partial charge in [-0.15, -0.1) is 0 Å². The van der Waals surface area contributed by atoms with Gasteiger partial charge in [0.1, 0.15) is 39.6 Å². The molecule has 0 aliphatic rings. The van der Waals surface area contributed by atoms with Crippen LogP contribution in [0.3, 0.4) is 0 Å². The topological polar surface area (TPSA) is 564 Å². The van der Waals surface area contributed by atoms with Gasteiger partial charge in [-0.3, -0.25) is 28.8 Å². The molecular weight excluding hydrogens is 1330 g/mol. The van der Waals surface area contributed by atoms with Crippen molar-refractivity contribution in [1.82, 2.24) is 0 Å². The molecule has 0 aromatic rings. The third-order valence-electron chi connectivity index (χ3n) is 11.2. The lowest BCUT2D eigenvalue weighted by Crippen LogP contribution is -2.10. The van der Waals surface area contributed by atoms with Crippen LogP contribution in [0.5, 0.6) is 0 Å². The zero-order valence-electron chi connectivity index (χ0n) is 61.1. The van der Waals surface area contributed by atoms with Crippen molar-refractivity contribution in [2.75, 3.05) is 178 Å². The highest BCUT2D eigenvalue weighted by Crippen LogP contribution is 2.06. The summed E-state index contributed by atoms with van der Waals surface area (Å²) in [6.45, 7) is 26.1. The Kier molecular flexibility index (Phi) is 111. The Morgan fingerprint density at radius 3 is 0.525 bits per heavy atom. The molecule has 101 heavy (non-hydrogen) atoms. The van der Waals surface area contributed by atoms with Gasteiger partial charge in [0.2, 0.25) is 0 Å². The van der Waals surface area contributed by atoms with E-state index < -0.39 is 0 Å². The van der Waals surface area contributed by atoms with E-state index in [9.17, 15) is 28.8 Å². The Labute approximate surface area is 594 Å². The fourth-order valence-electron chi connectivity index (χ4n) is 6.39. The number of carbonyl (C=O) groups is 6. The first-order valence-corrected chi connectivity index (χ1v) is 34.3. The van der Waals surface area contributed by atoms with Crippen LogP contribution in [0.15, 0.2) is 35.8 Å². The van der Waals surface area contributed by atoms with Crippen LogP contribution in [0.25, 0.3) is 73.1 Å². The van der Waals surface area contributed by atoms with Gasteiger partial charge in [0, 0.05) is 165 Å². The second kappa shape index (κ2) is 105. The second-order valence-electron chi connectivity index (χ2n) is 19.2. The molecule has 40 heteroatoms. The minimum atomic E-state index is -0.226. The maximum Gasteiger partial charge on any atom is 0.305 e. The molecule has 0 amide bonds. The standard InChI is InChI=1S/3C10H19N3O3.3C9H17N3O3.C4H9N3O/c3*1-2-15-8-9-16-10(14)6-4-3-5-7-12-13-11;3*1-2-14-7-8-15-9(13)5-3-4-6-11-12-10;1-2-8-4-3-6-7-5/h3*2-9H2,1H3;3*2-8H2,1H3;2-4H2,1H3. The Morgan fingerprint density at radius 2 is 0.356 bits per heavy atom. The molecule has 0 spiro atoms. The fraction of sp³-hybridized carbons (Fsp3) is 0.902. The van der Waals surface area contributed by atoms with Crippen LogP contribution in [0, 0.1) is 0 Å². The largest absolute Gasteiger partial charge is 0.463 e. The van der Waals surface area contributed by atoms with E-state index in [1.54, 1.807) is 0 Å². The highest BCUT2D eigenvalue weighted by Gasteiger charge is 2.07. The molecule has 0 atom stereocenters. The van der Waals surface area contributed by atoms with E-state index in [1.165, 1.54) is 0 Å². The number of ether oxygens (including phenoxy) is 13. The lowest BCUT2D eigenvalue weighted by molar-refractivity contribution is -0.146. The average molecular weight is 1450 g/mol. The molecule has 0 N–H and O–H groups in total. The third-order valence-corrected chi connectivity index (χ3v) is 11.2. The molecule has 0 aromatic heterocycles. The number of hydrogen-bond donors (Lipinski definition) is 0. The summed E-state index contributed by atoms with van der Waals surface area (Å²) in [5.74, 6) is -1.25. The quantitative estimate of drug-likeness (QED) is 0.0136. The molecule has 0 fully saturated rings. The maximum absolute atomic E-state index is 11.1. The number of carbonyl (C=O) groups excluding carboxylic acids is 6. The fourth-order valence-corrected chi connectivity index (χ4v) is 6.39. The number of esters is 6. The van der Waals surface area contributed by atoms with E-state index in [2.05, 4.69) is 70.2 Å². The Bertz CT molecular complexity index is 2040. The first-order valence-electron chi connectivity index (χ1n) is 34.3. The minimum Gasteiger partial charge on any atom is -0.463 e. The normalized spacial score (nSPS) is 9.38. The van der Waals surface area contributed by atoms with Crippen molar-refractivity contribution >= 4 is 35.8 Å². The number of azide groups is 7. The van der Waals surface area contributed by atoms with Gasteiger partial charge >= 0.3 is 35.8 Å². The van der Waals surface area contributed by atoms with Crippen molar-refractivity contribution in [2.24, 2.45) is 35.8 Å². The van der Waals surface area contributed by atoms with E-state index >= 15 is 0 Å². The molecule has 0 bridgehead atoms. The summed E-state index contributed by atoms with van der Waals surface area (Å²) in [4.78, 5) is 84.9. The first-order chi connectivity index (χ1) is 49.3. The lowest BCUT2D eigenvalue weighted by atomic mass is 10.2. The summed E-state index contributed by atoms with van der Waals surface area (Å²) in [5.41, 5.74) is 55.8. The Balaban J connectivity index is -0.000000205. The molecule has 40 nitrogen and oxygen atoms in total. The number of hydrogen-bond acceptors (Lipinski definition) is 26. The van der Waals surface area contributed by atoms with Gasteiger partial charge in [-0.1, -0.05) is 55.1 Å². The maximum atomic E-state index is 11.1. The predicted octanol–water partition coefficient (Wildman–Crippen LogP) is 14.8. The summed E-state index contributed by atoms with van der Waals surface area (Å²) in [5, 5.41) is 23.6. The first kappa shape index (κ1) is 106. The van der Waals surface area contributed by atoms with Crippen molar-refractivity contribution in [3.05, 3.63) is 73.1 Å². The van der Waals surface area contributed by atoms with Crippen molar-refractivity contribution in [1.29, 1.82) is 0 Å². The number of unbranched alkanes of at least 4 members (excludes halogenated alkanes) is 9. The van der Waals surface area contributed by atoms with Crippen LogP contribution in [-0.4, -0.2) is 214 Å². The Morgan fingerprint density at radius 1 is 0.208 bits per heavy atom. The van der Waals surface area contributed by atoms with Gasteiger partial charge in [-0.2, -0.15) is 0 Å². The molecule has 580 valence electrons. The molecule has 0 radical (unpaired) electrons. The van der Waals surface area contributed by atoms with Crippen molar-refractivity contribution in [3.63, 3.8) is 0 Å². The van der Waals surface area contributed by atoms with E-state index in [0.717, 1.165) is 57.8 Å². The lowest BCUT2D eigenvalue weighted by Gasteiger charge is -2.04. The summed E-state index contributed by atoms with van der Waals surface area (Å²) in [6.07, 6.45) is 13.9. The van der Waals surface area contributed by atoms with Gasteiger partial charge < -0.3 is 61.6 Å². The molecule has 0 aliphatic heterocycles. The van der Waals surface area contributed by atoms with E-state index in [1.807, 2.05) is 48.5 Å². The minimum absolute atomic E-state index is 0.191. The van der Waals surface area contributed by atoms with Crippen LogP contribution in [0.4, 0.5) is 0 Å².